The molecular formula is C10H14N4OS. The molecule has 4 N–H and O–H groups in total. The third-order valence-electron chi connectivity index (χ3n) is 2.64. The lowest BCUT2D eigenvalue weighted by atomic mass is 10.3. The summed E-state index contributed by atoms with van der Waals surface area (Å²) in [5.41, 5.74) is 10.9. The molecule has 1 amide bonds. The minimum atomic E-state index is -0.588. The molecule has 1 saturated carbocycles. The van der Waals surface area contributed by atoms with E-state index in [4.69, 9.17) is 11.5 Å². The van der Waals surface area contributed by atoms with E-state index in [9.17, 15) is 4.79 Å². The molecule has 1 aromatic heterocycles. The van der Waals surface area contributed by atoms with E-state index in [0.29, 0.717) is 10.4 Å². The fourth-order valence-electron chi connectivity index (χ4n) is 1.78. The van der Waals surface area contributed by atoms with Crippen molar-refractivity contribution in [1.29, 1.82) is 0 Å². The average molecular weight is 238 g/mol. The summed E-state index contributed by atoms with van der Waals surface area (Å²) in [5, 5.41) is 1.22. The van der Waals surface area contributed by atoms with E-state index in [2.05, 4.69) is 9.97 Å². The molecule has 86 valence electrons. The van der Waals surface area contributed by atoms with Gasteiger partial charge in [-0.05, 0) is 12.8 Å². The van der Waals surface area contributed by atoms with E-state index < -0.39 is 5.91 Å². The molecule has 0 saturated heterocycles. The summed E-state index contributed by atoms with van der Waals surface area (Å²) in [6.45, 7) is 0. The molecule has 1 aliphatic rings. The Hall–Kier alpha value is -1.30. The number of nitrogens with zero attached hydrogens (tertiary/aromatic N) is 2. The van der Waals surface area contributed by atoms with E-state index in [1.807, 2.05) is 0 Å². The smallest absolute Gasteiger partial charge is 0.254 e. The van der Waals surface area contributed by atoms with Crippen LogP contribution in [0, 0.1) is 0 Å². The van der Waals surface area contributed by atoms with Crippen LogP contribution in [0.3, 0.4) is 0 Å². The Morgan fingerprint density at radius 1 is 1.44 bits per heavy atom. The summed E-state index contributed by atoms with van der Waals surface area (Å²) >= 11 is 1.63. The van der Waals surface area contributed by atoms with Crippen LogP contribution in [0.4, 0.5) is 5.82 Å². The number of aromatic nitrogens is 2. The Kier molecular flexibility index (Phi) is 3.28. The van der Waals surface area contributed by atoms with E-state index >= 15 is 0 Å². The Bertz CT molecular complexity index is 404. The second-order valence-electron chi connectivity index (χ2n) is 3.84. The lowest BCUT2D eigenvalue weighted by Crippen LogP contribution is -2.15. The van der Waals surface area contributed by atoms with Gasteiger partial charge in [-0.25, -0.2) is 9.97 Å². The monoisotopic (exact) mass is 238 g/mol. The molecule has 6 heteroatoms. The molecule has 1 fully saturated rings. The molecule has 1 aliphatic carbocycles. The molecule has 1 heterocycles. The van der Waals surface area contributed by atoms with Crippen molar-refractivity contribution < 1.29 is 4.79 Å². The molecule has 0 aromatic carbocycles. The highest BCUT2D eigenvalue weighted by atomic mass is 32.2. The maximum absolute atomic E-state index is 10.9. The van der Waals surface area contributed by atoms with Crippen LogP contribution in [0.15, 0.2) is 11.4 Å². The summed E-state index contributed by atoms with van der Waals surface area (Å²) < 4.78 is 0. The van der Waals surface area contributed by atoms with Gasteiger partial charge < -0.3 is 11.5 Å². The summed E-state index contributed by atoms with van der Waals surface area (Å²) in [4.78, 5) is 19.1. The third-order valence-corrected chi connectivity index (χ3v) is 3.85. The van der Waals surface area contributed by atoms with Crippen LogP contribution in [0.1, 0.15) is 36.0 Å². The lowest BCUT2D eigenvalue weighted by molar-refractivity contribution is 0.100. The number of primary amides is 1. The van der Waals surface area contributed by atoms with Gasteiger partial charge >= 0.3 is 0 Å². The number of thioether (sulfide) groups is 1. The minimum Gasteiger partial charge on any atom is -0.383 e. The number of carbonyl (C=O) groups is 1. The normalized spacial score (nSPS) is 16.5. The first-order chi connectivity index (χ1) is 7.66. The first kappa shape index (κ1) is 11.2. The second-order valence-corrected chi connectivity index (χ2v) is 5.11. The highest BCUT2D eigenvalue weighted by Crippen LogP contribution is 2.33. The molecular weight excluding hydrogens is 224 g/mol. The van der Waals surface area contributed by atoms with E-state index in [0.717, 1.165) is 0 Å². The van der Waals surface area contributed by atoms with E-state index in [1.165, 1.54) is 31.9 Å². The third kappa shape index (κ3) is 2.44. The van der Waals surface area contributed by atoms with E-state index in [1.54, 1.807) is 11.8 Å². The molecule has 0 radical (unpaired) electrons. The highest BCUT2D eigenvalue weighted by Gasteiger charge is 2.18. The van der Waals surface area contributed by atoms with Crippen molar-refractivity contribution in [3.8, 4) is 0 Å². The van der Waals surface area contributed by atoms with Crippen molar-refractivity contribution in [3.05, 3.63) is 11.8 Å². The fraction of sp³-hybridized carbons (Fsp3) is 0.500. The van der Waals surface area contributed by atoms with E-state index in [-0.39, 0.29) is 11.4 Å². The molecule has 5 nitrogen and oxygen atoms in total. The molecule has 0 unspecified atom stereocenters. The largest absolute Gasteiger partial charge is 0.383 e. The van der Waals surface area contributed by atoms with Gasteiger partial charge in [0.2, 0.25) is 0 Å². The zero-order chi connectivity index (χ0) is 11.5. The highest BCUT2D eigenvalue weighted by molar-refractivity contribution is 7.99. The Morgan fingerprint density at radius 3 is 2.69 bits per heavy atom. The number of anilines is 1. The topological polar surface area (TPSA) is 94.9 Å². The van der Waals surface area contributed by atoms with Crippen LogP contribution < -0.4 is 11.5 Å². The number of hydrogen-bond acceptors (Lipinski definition) is 5. The first-order valence-electron chi connectivity index (χ1n) is 5.26. The van der Waals surface area contributed by atoms with Gasteiger partial charge in [0.1, 0.15) is 5.82 Å². The average Bonchev–Trinajstić information content (AvgIpc) is 2.70. The van der Waals surface area contributed by atoms with Crippen LogP contribution in [0.5, 0.6) is 0 Å². The maximum atomic E-state index is 10.9. The van der Waals surface area contributed by atoms with Crippen molar-refractivity contribution in [3.63, 3.8) is 0 Å². The number of hydrogen-bond donors (Lipinski definition) is 2. The zero-order valence-corrected chi connectivity index (χ0v) is 9.67. The predicted octanol–water partition coefficient (Wildman–Crippen LogP) is 1.19. The van der Waals surface area contributed by atoms with Crippen LogP contribution in [-0.2, 0) is 0 Å². The number of carbonyl (C=O) groups excluding carboxylic acids is 1. The summed E-state index contributed by atoms with van der Waals surface area (Å²) in [6.07, 6.45) is 6.35. The Morgan fingerprint density at radius 2 is 2.12 bits per heavy atom. The van der Waals surface area contributed by atoms with Crippen LogP contribution in [0.25, 0.3) is 0 Å². The summed E-state index contributed by atoms with van der Waals surface area (Å²) in [6, 6.07) is 0. The van der Waals surface area contributed by atoms with Gasteiger partial charge in [0.15, 0.2) is 5.16 Å². The maximum Gasteiger partial charge on any atom is 0.254 e. The van der Waals surface area contributed by atoms with Gasteiger partial charge in [0.05, 0.1) is 5.56 Å². The first-order valence-corrected chi connectivity index (χ1v) is 6.14. The van der Waals surface area contributed by atoms with Gasteiger partial charge in [0, 0.05) is 11.4 Å². The van der Waals surface area contributed by atoms with Crippen LogP contribution in [0.2, 0.25) is 0 Å². The number of nitrogen functional groups attached to an aromatic ring is 1. The second kappa shape index (κ2) is 4.69. The van der Waals surface area contributed by atoms with Gasteiger partial charge in [-0.3, -0.25) is 4.79 Å². The van der Waals surface area contributed by atoms with Gasteiger partial charge in [-0.15, -0.1) is 0 Å². The molecule has 0 spiro atoms. The summed E-state index contributed by atoms with van der Waals surface area (Å²) in [5.74, 6) is -0.419. The van der Waals surface area contributed by atoms with Crippen molar-refractivity contribution in [2.45, 2.75) is 36.1 Å². The Labute approximate surface area is 98.0 Å². The number of nitrogens with two attached hydrogens (primary N) is 2. The quantitative estimate of drug-likeness (QED) is 0.771. The minimum absolute atomic E-state index is 0.169. The van der Waals surface area contributed by atoms with Gasteiger partial charge in [0.25, 0.3) is 5.91 Å². The van der Waals surface area contributed by atoms with Crippen LogP contribution >= 0.6 is 11.8 Å². The predicted molar refractivity (Wildman–Crippen MR) is 63.1 cm³/mol. The molecule has 0 aliphatic heterocycles. The molecule has 2 rings (SSSR count). The van der Waals surface area contributed by atoms with Crippen molar-refractivity contribution >= 4 is 23.5 Å². The van der Waals surface area contributed by atoms with Crippen molar-refractivity contribution in [2.75, 3.05) is 5.73 Å². The standard InChI is InChI=1S/C10H14N4OS/c11-8-7(9(12)15)5-13-10(14-8)16-6-3-1-2-4-6/h5-6H,1-4H2,(H2,12,15)(H2,11,13,14). The lowest BCUT2D eigenvalue weighted by Gasteiger charge is -2.08. The molecule has 16 heavy (non-hydrogen) atoms. The van der Waals surface area contributed by atoms with Crippen molar-refractivity contribution in [1.82, 2.24) is 9.97 Å². The van der Waals surface area contributed by atoms with Crippen molar-refractivity contribution in [2.24, 2.45) is 5.73 Å². The molecule has 0 atom stereocenters. The number of rotatable bonds is 3. The van der Waals surface area contributed by atoms with Crippen LogP contribution in [-0.4, -0.2) is 21.1 Å². The Balaban J connectivity index is 2.11. The summed E-state index contributed by atoms with van der Waals surface area (Å²) in [7, 11) is 0. The fourth-order valence-corrected chi connectivity index (χ4v) is 2.91. The van der Waals surface area contributed by atoms with Gasteiger partial charge in [-0.2, -0.15) is 0 Å². The zero-order valence-electron chi connectivity index (χ0n) is 8.85. The van der Waals surface area contributed by atoms with Gasteiger partial charge in [-0.1, -0.05) is 24.6 Å². The number of amides is 1. The SMILES string of the molecule is NC(=O)c1cnc(SC2CCCC2)nc1N. The molecule has 0 bridgehead atoms. The molecule has 1 aromatic rings.